The molecule has 1 unspecified atom stereocenters. The molecule has 0 saturated heterocycles. The molecule has 8 heteroatoms. The highest BCUT2D eigenvalue weighted by atomic mass is 35.5. The Kier molecular flexibility index (Phi) is 8.34. The zero-order chi connectivity index (χ0) is 24.9. The van der Waals surface area contributed by atoms with Crippen LogP contribution in [0, 0.1) is 5.92 Å². The monoisotopic (exact) mass is 516 g/mol. The van der Waals surface area contributed by atoms with Gasteiger partial charge in [0.15, 0.2) is 0 Å². The Balaban J connectivity index is 1.47. The van der Waals surface area contributed by atoms with Crippen molar-refractivity contribution in [3.63, 3.8) is 0 Å². The molecule has 4 rings (SSSR count). The average molecular weight is 517 g/mol. The van der Waals surface area contributed by atoms with E-state index in [1.165, 1.54) is 0 Å². The van der Waals surface area contributed by atoms with E-state index in [4.69, 9.17) is 27.9 Å². The van der Waals surface area contributed by atoms with E-state index >= 15 is 0 Å². The molecule has 6 nitrogen and oxygen atoms in total. The predicted octanol–water partition coefficient (Wildman–Crippen LogP) is 5.36. The van der Waals surface area contributed by atoms with Gasteiger partial charge in [0, 0.05) is 34.1 Å². The summed E-state index contributed by atoms with van der Waals surface area (Å²) in [6.07, 6.45) is 3.67. The smallest absolute Gasteiger partial charge is 0.307 e. The lowest BCUT2D eigenvalue weighted by atomic mass is 9.81. The van der Waals surface area contributed by atoms with Crippen molar-refractivity contribution in [2.75, 3.05) is 13.2 Å². The van der Waals surface area contributed by atoms with E-state index in [0.717, 1.165) is 29.5 Å². The van der Waals surface area contributed by atoms with Crippen LogP contribution >= 0.6 is 23.2 Å². The standard InChI is InChI=1S/C27H30Cl2N2O4/c1-2-35-25(32)13-14-30-26(33)17-7-10-20(11-8-17)31-24(22-12-9-19(28)16-23(22)29)15-18-5-3-4-6-21(18)27(31)34/h3-6,9,12,16-17,20,24H,2,7-8,10-11,13-15H2,1H3,(H,30,33). The van der Waals surface area contributed by atoms with Crippen molar-refractivity contribution < 1.29 is 19.1 Å². The van der Waals surface area contributed by atoms with Crippen LogP contribution in [0.25, 0.3) is 0 Å². The van der Waals surface area contributed by atoms with Crippen LogP contribution in [0.4, 0.5) is 0 Å². The zero-order valence-electron chi connectivity index (χ0n) is 19.8. The van der Waals surface area contributed by atoms with Gasteiger partial charge < -0.3 is 15.0 Å². The molecule has 2 amide bonds. The molecular formula is C27H30Cl2N2O4. The summed E-state index contributed by atoms with van der Waals surface area (Å²) in [5.41, 5.74) is 2.63. The van der Waals surface area contributed by atoms with Gasteiger partial charge in [-0.1, -0.05) is 47.5 Å². The number of halogens is 2. The number of amides is 2. The minimum absolute atomic E-state index is 0.00482. The number of hydrogen-bond acceptors (Lipinski definition) is 4. The molecule has 2 aliphatic rings. The van der Waals surface area contributed by atoms with Crippen LogP contribution in [0.5, 0.6) is 0 Å². The van der Waals surface area contributed by atoms with Crippen LogP contribution in [0.1, 0.15) is 66.6 Å². The fraction of sp³-hybridized carbons (Fsp3) is 0.444. The third kappa shape index (κ3) is 5.81. The Labute approximate surface area is 215 Å². The molecule has 186 valence electrons. The second-order valence-corrected chi connectivity index (χ2v) is 9.95. The third-order valence-corrected chi connectivity index (χ3v) is 7.51. The van der Waals surface area contributed by atoms with Crippen LogP contribution in [0.3, 0.4) is 0 Å². The maximum Gasteiger partial charge on any atom is 0.307 e. The average Bonchev–Trinajstić information content (AvgIpc) is 2.84. The first kappa shape index (κ1) is 25.5. The Hall–Kier alpha value is -2.57. The fourth-order valence-corrected chi connectivity index (χ4v) is 5.76. The lowest BCUT2D eigenvalue weighted by molar-refractivity contribution is -0.143. The van der Waals surface area contributed by atoms with E-state index in [2.05, 4.69) is 5.32 Å². The number of fused-ring (bicyclic) bond motifs is 1. The first-order valence-corrected chi connectivity index (χ1v) is 12.9. The molecule has 1 aliphatic carbocycles. The van der Waals surface area contributed by atoms with E-state index < -0.39 is 0 Å². The summed E-state index contributed by atoms with van der Waals surface area (Å²) in [7, 11) is 0. The molecule has 0 radical (unpaired) electrons. The molecule has 2 aromatic carbocycles. The topological polar surface area (TPSA) is 75.7 Å². The summed E-state index contributed by atoms with van der Waals surface area (Å²) in [5.74, 6) is -0.476. The van der Waals surface area contributed by atoms with Crippen LogP contribution in [-0.4, -0.2) is 41.9 Å². The largest absolute Gasteiger partial charge is 0.466 e. The molecular weight excluding hydrogens is 487 g/mol. The minimum Gasteiger partial charge on any atom is -0.466 e. The number of rotatable bonds is 7. The van der Waals surface area contributed by atoms with Crippen molar-refractivity contribution in [1.29, 1.82) is 0 Å². The molecule has 2 aromatic rings. The van der Waals surface area contributed by atoms with Crippen molar-refractivity contribution in [3.8, 4) is 0 Å². The maximum atomic E-state index is 13.7. The number of esters is 1. The van der Waals surface area contributed by atoms with Crippen LogP contribution in [0.15, 0.2) is 42.5 Å². The maximum absolute atomic E-state index is 13.7. The highest BCUT2D eigenvalue weighted by molar-refractivity contribution is 6.35. The second kappa shape index (κ2) is 11.4. The van der Waals surface area contributed by atoms with E-state index in [0.29, 0.717) is 35.9 Å². The van der Waals surface area contributed by atoms with Gasteiger partial charge in [0.25, 0.3) is 5.91 Å². The quantitative estimate of drug-likeness (QED) is 0.502. The molecule has 0 bridgehead atoms. The summed E-state index contributed by atoms with van der Waals surface area (Å²) in [4.78, 5) is 39.8. The van der Waals surface area contributed by atoms with Crippen molar-refractivity contribution in [3.05, 3.63) is 69.2 Å². The molecule has 0 aromatic heterocycles. The van der Waals surface area contributed by atoms with Crippen LogP contribution in [0.2, 0.25) is 10.0 Å². The number of nitrogens with zero attached hydrogens (tertiary/aromatic N) is 1. The molecule has 1 saturated carbocycles. The number of benzene rings is 2. The van der Waals surface area contributed by atoms with Gasteiger partial charge >= 0.3 is 5.97 Å². The summed E-state index contributed by atoms with van der Waals surface area (Å²) < 4.78 is 4.90. The summed E-state index contributed by atoms with van der Waals surface area (Å²) in [6.45, 7) is 2.36. The molecule has 1 fully saturated rings. The van der Waals surface area contributed by atoms with E-state index in [1.807, 2.05) is 41.3 Å². The first-order valence-electron chi connectivity index (χ1n) is 12.2. The molecule has 1 heterocycles. The summed E-state index contributed by atoms with van der Waals surface area (Å²) >= 11 is 12.7. The van der Waals surface area contributed by atoms with Crippen LogP contribution in [-0.2, 0) is 20.7 Å². The Morgan fingerprint density at radius 2 is 1.83 bits per heavy atom. The molecule has 1 atom stereocenters. The van der Waals surface area contributed by atoms with Gasteiger partial charge in [0.05, 0.1) is 19.1 Å². The number of carbonyl (C=O) groups excluding carboxylic acids is 3. The normalized spacial score (nSPS) is 21.9. The van der Waals surface area contributed by atoms with Gasteiger partial charge in [0.1, 0.15) is 0 Å². The molecule has 35 heavy (non-hydrogen) atoms. The highest BCUT2D eigenvalue weighted by Crippen LogP contribution is 2.41. The van der Waals surface area contributed by atoms with Crippen LogP contribution < -0.4 is 5.32 Å². The predicted molar refractivity (Wildman–Crippen MR) is 136 cm³/mol. The fourth-order valence-electron chi connectivity index (χ4n) is 5.23. The third-order valence-electron chi connectivity index (χ3n) is 6.95. The summed E-state index contributed by atoms with van der Waals surface area (Å²) in [6, 6.07) is 13.0. The highest BCUT2D eigenvalue weighted by Gasteiger charge is 2.40. The van der Waals surface area contributed by atoms with Crippen molar-refractivity contribution in [1.82, 2.24) is 10.2 Å². The lowest BCUT2D eigenvalue weighted by Crippen LogP contribution is -2.49. The summed E-state index contributed by atoms with van der Waals surface area (Å²) in [5, 5.41) is 3.96. The number of hydrogen-bond donors (Lipinski definition) is 1. The van der Waals surface area contributed by atoms with Gasteiger partial charge in [-0.25, -0.2) is 0 Å². The van der Waals surface area contributed by atoms with Gasteiger partial charge in [-0.3, -0.25) is 14.4 Å². The SMILES string of the molecule is CCOC(=O)CCNC(=O)C1CCC(N2C(=O)c3ccccc3CC2c2ccc(Cl)cc2Cl)CC1. The number of nitrogens with one attached hydrogen (secondary N) is 1. The number of carbonyl (C=O) groups is 3. The van der Waals surface area contributed by atoms with Gasteiger partial charge in [-0.15, -0.1) is 0 Å². The second-order valence-electron chi connectivity index (χ2n) is 9.11. The van der Waals surface area contributed by atoms with Gasteiger partial charge in [0.2, 0.25) is 5.91 Å². The van der Waals surface area contributed by atoms with Crippen molar-refractivity contribution >= 4 is 41.0 Å². The van der Waals surface area contributed by atoms with E-state index in [1.54, 1.807) is 13.0 Å². The Bertz CT molecular complexity index is 1100. The number of ether oxygens (including phenoxy) is 1. The lowest BCUT2D eigenvalue weighted by Gasteiger charge is -2.44. The van der Waals surface area contributed by atoms with E-state index in [9.17, 15) is 14.4 Å². The molecule has 0 spiro atoms. The first-order chi connectivity index (χ1) is 16.9. The zero-order valence-corrected chi connectivity index (χ0v) is 21.3. The van der Waals surface area contributed by atoms with Gasteiger partial charge in [-0.05, 0) is 68.4 Å². The Morgan fingerprint density at radius 1 is 1.09 bits per heavy atom. The molecule has 1 N–H and O–H groups in total. The van der Waals surface area contributed by atoms with Crippen molar-refractivity contribution in [2.45, 2.75) is 57.5 Å². The molecule has 1 aliphatic heterocycles. The minimum atomic E-state index is -0.313. The van der Waals surface area contributed by atoms with Crippen molar-refractivity contribution in [2.24, 2.45) is 5.92 Å². The Morgan fingerprint density at radius 3 is 2.54 bits per heavy atom. The van der Waals surface area contributed by atoms with E-state index in [-0.39, 0.29) is 48.8 Å². The van der Waals surface area contributed by atoms with Gasteiger partial charge in [-0.2, -0.15) is 0 Å².